The van der Waals surface area contributed by atoms with Crippen molar-refractivity contribution in [2.24, 2.45) is 5.41 Å². The summed E-state index contributed by atoms with van der Waals surface area (Å²) in [6, 6.07) is 10.2. The van der Waals surface area contributed by atoms with Crippen molar-refractivity contribution in [1.82, 2.24) is 14.8 Å². The predicted molar refractivity (Wildman–Crippen MR) is 102 cm³/mol. The number of fused-ring (bicyclic) bond motifs is 1. The molecule has 1 unspecified atom stereocenters. The summed E-state index contributed by atoms with van der Waals surface area (Å²) < 4.78 is 5.37. The molecule has 3 heterocycles. The first kappa shape index (κ1) is 17.4. The molecule has 2 fully saturated rings. The number of hydrogen-bond donors (Lipinski definition) is 0. The number of rotatable bonds is 3. The molecule has 1 atom stereocenters. The molecule has 0 radical (unpaired) electrons. The minimum atomic E-state index is 0.144. The number of amides is 1. The fraction of sp³-hybridized carbons (Fsp3) is 0.524. The van der Waals surface area contributed by atoms with E-state index in [4.69, 9.17) is 4.74 Å². The van der Waals surface area contributed by atoms with Gasteiger partial charge in [-0.1, -0.05) is 6.07 Å². The van der Waals surface area contributed by atoms with E-state index in [0.717, 1.165) is 55.5 Å². The first-order chi connectivity index (χ1) is 12.6. The summed E-state index contributed by atoms with van der Waals surface area (Å²) in [4.78, 5) is 21.7. The lowest BCUT2D eigenvalue weighted by Crippen LogP contribution is -2.44. The first-order valence-electron chi connectivity index (χ1n) is 9.43. The second-order valence-corrected chi connectivity index (χ2v) is 7.93. The van der Waals surface area contributed by atoms with Crippen LogP contribution in [0.1, 0.15) is 29.6 Å². The number of hydrogen-bond acceptors (Lipinski definition) is 4. The number of benzene rings is 1. The number of aromatic nitrogens is 1. The van der Waals surface area contributed by atoms with Crippen molar-refractivity contribution in [2.45, 2.75) is 25.3 Å². The van der Waals surface area contributed by atoms with E-state index < -0.39 is 0 Å². The van der Waals surface area contributed by atoms with Gasteiger partial charge in [0, 0.05) is 49.9 Å². The Morgan fingerprint density at radius 3 is 2.88 bits per heavy atom. The zero-order valence-corrected chi connectivity index (χ0v) is 15.6. The average Bonchev–Trinajstić information content (AvgIpc) is 2.96. The largest absolute Gasteiger partial charge is 0.383 e. The van der Waals surface area contributed by atoms with Gasteiger partial charge in [0.05, 0.1) is 12.1 Å². The third-order valence-corrected chi connectivity index (χ3v) is 6.20. The Hall–Kier alpha value is -1.98. The number of ether oxygens (including phenoxy) is 1. The Kier molecular flexibility index (Phi) is 4.67. The molecule has 0 saturated carbocycles. The highest BCUT2D eigenvalue weighted by atomic mass is 16.5. The average molecular weight is 353 g/mol. The van der Waals surface area contributed by atoms with Crippen LogP contribution in [-0.2, 0) is 4.74 Å². The molecule has 1 spiro atoms. The Bertz CT molecular complexity index is 799. The molecular weight excluding hydrogens is 326 g/mol. The van der Waals surface area contributed by atoms with Gasteiger partial charge in [0.2, 0.25) is 0 Å². The van der Waals surface area contributed by atoms with Crippen LogP contribution in [0.2, 0.25) is 0 Å². The lowest BCUT2D eigenvalue weighted by Gasteiger charge is -2.39. The van der Waals surface area contributed by atoms with Crippen molar-refractivity contribution in [3.05, 3.63) is 42.1 Å². The molecule has 1 aromatic carbocycles. The number of piperidine rings is 1. The van der Waals surface area contributed by atoms with Crippen LogP contribution < -0.4 is 0 Å². The Morgan fingerprint density at radius 1 is 1.31 bits per heavy atom. The first-order valence-corrected chi connectivity index (χ1v) is 9.43. The molecule has 2 aliphatic heterocycles. The topological polar surface area (TPSA) is 45.7 Å². The smallest absolute Gasteiger partial charge is 0.253 e. The minimum absolute atomic E-state index is 0.144. The molecule has 138 valence electrons. The fourth-order valence-electron chi connectivity index (χ4n) is 4.69. The summed E-state index contributed by atoms with van der Waals surface area (Å²) in [6.45, 7) is 3.60. The maximum Gasteiger partial charge on any atom is 0.253 e. The van der Waals surface area contributed by atoms with Crippen LogP contribution in [0.3, 0.4) is 0 Å². The van der Waals surface area contributed by atoms with E-state index >= 15 is 0 Å². The van der Waals surface area contributed by atoms with E-state index in [9.17, 15) is 4.79 Å². The Morgan fingerprint density at radius 2 is 2.12 bits per heavy atom. The zero-order chi connectivity index (χ0) is 18.1. The number of likely N-dealkylation sites (tertiary alicyclic amines) is 2. The van der Waals surface area contributed by atoms with Crippen molar-refractivity contribution >= 4 is 16.8 Å². The van der Waals surface area contributed by atoms with Crippen LogP contribution >= 0.6 is 0 Å². The molecule has 5 nitrogen and oxygen atoms in total. The molecule has 0 aliphatic carbocycles. The van der Waals surface area contributed by atoms with Crippen molar-refractivity contribution < 1.29 is 9.53 Å². The van der Waals surface area contributed by atoms with Crippen molar-refractivity contribution in [1.29, 1.82) is 0 Å². The molecule has 0 N–H and O–H groups in total. The van der Waals surface area contributed by atoms with Gasteiger partial charge in [-0.3, -0.25) is 9.78 Å². The monoisotopic (exact) mass is 353 g/mol. The van der Waals surface area contributed by atoms with Crippen LogP contribution in [0.5, 0.6) is 0 Å². The standard InChI is InChI=1S/C21H27N3O2/c1-23-15-21(13-18(23)14-26-2)7-10-24(11-8-21)20(25)17-5-6-19-16(12-17)4-3-9-22-19/h3-6,9,12,18H,7-8,10-11,13-15H2,1-2H3. The molecule has 2 aromatic rings. The third kappa shape index (κ3) is 3.21. The number of pyridine rings is 1. The van der Waals surface area contributed by atoms with Gasteiger partial charge in [0.25, 0.3) is 5.91 Å². The number of carbonyl (C=O) groups is 1. The van der Waals surface area contributed by atoms with Gasteiger partial charge in [-0.25, -0.2) is 0 Å². The summed E-state index contributed by atoms with van der Waals surface area (Å²) in [5.74, 6) is 0.144. The van der Waals surface area contributed by atoms with Gasteiger partial charge < -0.3 is 14.5 Å². The number of methoxy groups -OCH3 is 1. The Labute approximate surface area is 154 Å². The molecular formula is C21H27N3O2. The minimum Gasteiger partial charge on any atom is -0.383 e. The van der Waals surface area contributed by atoms with Gasteiger partial charge >= 0.3 is 0 Å². The second-order valence-electron chi connectivity index (χ2n) is 7.93. The SMILES string of the molecule is COCC1CC2(CCN(C(=O)c3ccc4ncccc4c3)CC2)CN1C. The molecule has 2 aliphatic rings. The highest BCUT2D eigenvalue weighted by Gasteiger charge is 2.44. The van der Waals surface area contributed by atoms with Crippen molar-refractivity contribution in [2.75, 3.05) is 40.4 Å². The molecule has 5 heteroatoms. The van der Waals surface area contributed by atoms with Gasteiger partial charge in [-0.15, -0.1) is 0 Å². The van der Waals surface area contributed by atoms with Crippen LogP contribution in [0.25, 0.3) is 10.9 Å². The third-order valence-electron chi connectivity index (χ3n) is 6.20. The molecule has 0 bridgehead atoms. The quantitative estimate of drug-likeness (QED) is 0.851. The highest BCUT2D eigenvalue weighted by Crippen LogP contribution is 2.43. The highest BCUT2D eigenvalue weighted by molar-refractivity contribution is 5.98. The molecule has 26 heavy (non-hydrogen) atoms. The summed E-state index contributed by atoms with van der Waals surface area (Å²) in [5, 5.41) is 1.02. The van der Waals surface area contributed by atoms with Gasteiger partial charge in [0.15, 0.2) is 0 Å². The van der Waals surface area contributed by atoms with Crippen LogP contribution in [0.4, 0.5) is 0 Å². The van der Waals surface area contributed by atoms with E-state index in [2.05, 4.69) is 16.9 Å². The van der Waals surface area contributed by atoms with Gasteiger partial charge in [-0.05, 0) is 56.0 Å². The van der Waals surface area contributed by atoms with Crippen LogP contribution in [0, 0.1) is 5.41 Å². The van der Waals surface area contributed by atoms with Crippen LogP contribution in [0.15, 0.2) is 36.5 Å². The van der Waals surface area contributed by atoms with Crippen molar-refractivity contribution in [3.8, 4) is 0 Å². The number of nitrogens with zero attached hydrogens (tertiary/aromatic N) is 3. The van der Waals surface area contributed by atoms with Gasteiger partial charge in [-0.2, -0.15) is 0 Å². The number of carbonyl (C=O) groups excluding carboxylic acids is 1. The molecule has 1 aromatic heterocycles. The molecule has 4 rings (SSSR count). The molecule has 2 saturated heterocycles. The van der Waals surface area contributed by atoms with Crippen LogP contribution in [-0.4, -0.2) is 67.1 Å². The van der Waals surface area contributed by atoms with E-state index in [1.54, 1.807) is 13.3 Å². The number of likely N-dealkylation sites (N-methyl/N-ethyl adjacent to an activating group) is 1. The van der Waals surface area contributed by atoms with E-state index in [1.807, 2.05) is 35.2 Å². The van der Waals surface area contributed by atoms with E-state index in [1.165, 1.54) is 6.42 Å². The van der Waals surface area contributed by atoms with E-state index in [-0.39, 0.29) is 5.91 Å². The Balaban J connectivity index is 1.43. The maximum atomic E-state index is 13.0. The summed E-state index contributed by atoms with van der Waals surface area (Å²) in [7, 11) is 3.97. The maximum absolute atomic E-state index is 13.0. The lowest BCUT2D eigenvalue weighted by atomic mass is 9.76. The lowest BCUT2D eigenvalue weighted by molar-refractivity contribution is 0.0592. The predicted octanol–water partition coefficient (Wildman–Crippen LogP) is 2.81. The summed E-state index contributed by atoms with van der Waals surface area (Å²) in [5.41, 5.74) is 2.05. The summed E-state index contributed by atoms with van der Waals surface area (Å²) in [6.07, 6.45) is 5.13. The summed E-state index contributed by atoms with van der Waals surface area (Å²) >= 11 is 0. The fourth-order valence-corrected chi connectivity index (χ4v) is 4.69. The zero-order valence-electron chi connectivity index (χ0n) is 15.6. The molecule has 1 amide bonds. The van der Waals surface area contributed by atoms with Gasteiger partial charge in [0.1, 0.15) is 0 Å². The van der Waals surface area contributed by atoms with E-state index in [0.29, 0.717) is 11.5 Å². The van der Waals surface area contributed by atoms with Crippen molar-refractivity contribution in [3.63, 3.8) is 0 Å². The second kappa shape index (κ2) is 6.97. The normalized spacial score (nSPS) is 23.0.